The third-order valence-corrected chi connectivity index (χ3v) is 6.28. The van der Waals surface area contributed by atoms with Crippen LogP contribution < -0.4 is 5.32 Å². The first-order valence-electron chi connectivity index (χ1n) is 8.06. The van der Waals surface area contributed by atoms with Crippen molar-refractivity contribution in [2.24, 2.45) is 11.3 Å². The number of thioether (sulfide) groups is 1. The molecule has 1 N–H and O–H groups in total. The Balaban J connectivity index is 1.90. The molecule has 0 amide bonds. The highest BCUT2D eigenvalue weighted by atomic mass is 32.2. The van der Waals surface area contributed by atoms with Gasteiger partial charge in [-0.2, -0.15) is 11.8 Å². The second kappa shape index (κ2) is 6.82. The average molecular weight is 285 g/mol. The van der Waals surface area contributed by atoms with E-state index in [9.17, 15) is 0 Å². The molecule has 2 nitrogen and oxygen atoms in total. The molecule has 19 heavy (non-hydrogen) atoms. The minimum Gasteiger partial charge on any atom is -0.313 e. The van der Waals surface area contributed by atoms with Gasteiger partial charge in [0, 0.05) is 24.4 Å². The Morgan fingerprint density at radius 2 is 2.11 bits per heavy atom. The minimum atomic E-state index is 0.477. The van der Waals surface area contributed by atoms with E-state index in [-0.39, 0.29) is 0 Å². The SMILES string of the molecule is CCCNC1C(CN(C)C2CCSC2)CCC1(C)C. The number of hydrogen-bond acceptors (Lipinski definition) is 3. The smallest absolute Gasteiger partial charge is 0.0191 e. The van der Waals surface area contributed by atoms with Crippen molar-refractivity contribution in [2.75, 3.05) is 31.6 Å². The first kappa shape index (κ1) is 15.7. The molecule has 1 aliphatic heterocycles. The maximum atomic E-state index is 3.84. The second-order valence-electron chi connectivity index (χ2n) is 7.18. The molecule has 3 heteroatoms. The van der Waals surface area contributed by atoms with Crippen LogP contribution in [0.4, 0.5) is 0 Å². The Morgan fingerprint density at radius 1 is 1.32 bits per heavy atom. The predicted molar refractivity (Wildman–Crippen MR) is 86.9 cm³/mol. The van der Waals surface area contributed by atoms with Gasteiger partial charge < -0.3 is 10.2 Å². The van der Waals surface area contributed by atoms with Crippen LogP contribution in [0.2, 0.25) is 0 Å². The highest BCUT2D eigenvalue weighted by molar-refractivity contribution is 7.99. The van der Waals surface area contributed by atoms with Gasteiger partial charge in [0.25, 0.3) is 0 Å². The predicted octanol–water partition coefficient (Wildman–Crippen LogP) is 3.23. The molecule has 1 aliphatic carbocycles. The summed E-state index contributed by atoms with van der Waals surface area (Å²) in [5.41, 5.74) is 0.477. The summed E-state index contributed by atoms with van der Waals surface area (Å²) in [5.74, 6) is 3.56. The molecule has 0 bridgehead atoms. The fraction of sp³-hybridized carbons (Fsp3) is 1.00. The van der Waals surface area contributed by atoms with E-state index in [1.54, 1.807) is 0 Å². The van der Waals surface area contributed by atoms with Crippen molar-refractivity contribution in [3.8, 4) is 0 Å². The maximum absolute atomic E-state index is 3.84. The van der Waals surface area contributed by atoms with Crippen molar-refractivity contribution >= 4 is 11.8 Å². The minimum absolute atomic E-state index is 0.477. The van der Waals surface area contributed by atoms with Crippen LogP contribution >= 0.6 is 11.8 Å². The molecule has 3 atom stereocenters. The van der Waals surface area contributed by atoms with Crippen LogP contribution in [-0.4, -0.2) is 48.6 Å². The Kier molecular flexibility index (Phi) is 5.62. The lowest BCUT2D eigenvalue weighted by molar-refractivity contribution is 0.178. The molecule has 1 heterocycles. The molecule has 3 unspecified atom stereocenters. The van der Waals surface area contributed by atoms with Crippen LogP contribution in [-0.2, 0) is 0 Å². The Hall–Kier alpha value is 0.270. The van der Waals surface area contributed by atoms with Crippen LogP contribution in [0.3, 0.4) is 0 Å². The molecule has 0 spiro atoms. The molecule has 0 radical (unpaired) electrons. The van der Waals surface area contributed by atoms with Crippen molar-refractivity contribution in [2.45, 2.75) is 58.5 Å². The van der Waals surface area contributed by atoms with Crippen molar-refractivity contribution in [3.63, 3.8) is 0 Å². The number of nitrogens with one attached hydrogen (secondary N) is 1. The third-order valence-electron chi connectivity index (χ3n) is 5.14. The number of rotatable bonds is 6. The van der Waals surface area contributed by atoms with E-state index in [0.29, 0.717) is 11.5 Å². The maximum Gasteiger partial charge on any atom is 0.0191 e. The largest absolute Gasteiger partial charge is 0.313 e. The highest BCUT2D eigenvalue weighted by Gasteiger charge is 2.42. The molecule has 112 valence electrons. The zero-order valence-electron chi connectivity index (χ0n) is 13.2. The highest BCUT2D eigenvalue weighted by Crippen LogP contribution is 2.42. The van der Waals surface area contributed by atoms with E-state index in [1.807, 2.05) is 0 Å². The normalized spacial score (nSPS) is 34.3. The topological polar surface area (TPSA) is 15.3 Å². The van der Waals surface area contributed by atoms with Gasteiger partial charge in [-0.3, -0.25) is 0 Å². The van der Waals surface area contributed by atoms with Crippen LogP contribution in [0.5, 0.6) is 0 Å². The van der Waals surface area contributed by atoms with E-state index in [4.69, 9.17) is 0 Å². The summed E-state index contributed by atoms with van der Waals surface area (Å²) in [4.78, 5) is 2.65. The first-order chi connectivity index (χ1) is 9.04. The van der Waals surface area contributed by atoms with Gasteiger partial charge in [0.1, 0.15) is 0 Å². The Bertz CT molecular complexity index is 274. The van der Waals surface area contributed by atoms with Gasteiger partial charge in [-0.15, -0.1) is 0 Å². The molecule has 0 aromatic heterocycles. The van der Waals surface area contributed by atoms with Gasteiger partial charge in [-0.25, -0.2) is 0 Å². The van der Waals surface area contributed by atoms with E-state index in [1.165, 1.54) is 50.3 Å². The van der Waals surface area contributed by atoms with E-state index < -0.39 is 0 Å². The van der Waals surface area contributed by atoms with Gasteiger partial charge >= 0.3 is 0 Å². The molecular weight excluding hydrogens is 252 g/mol. The summed E-state index contributed by atoms with van der Waals surface area (Å²) in [5, 5.41) is 3.84. The molecule has 2 rings (SSSR count). The van der Waals surface area contributed by atoms with Crippen molar-refractivity contribution in [3.05, 3.63) is 0 Å². The lowest BCUT2D eigenvalue weighted by atomic mass is 9.84. The fourth-order valence-corrected chi connectivity index (χ4v) is 5.14. The van der Waals surface area contributed by atoms with Crippen LogP contribution in [0, 0.1) is 11.3 Å². The number of nitrogens with zero attached hydrogens (tertiary/aromatic N) is 1. The Morgan fingerprint density at radius 3 is 2.74 bits per heavy atom. The lowest BCUT2D eigenvalue weighted by Crippen LogP contribution is -2.47. The average Bonchev–Trinajstić information content (AvgIpc) is 2.97. The summed E-state index contributed by atoms with van der Waals surface area (Å²) in [7, 11) is 2.35. The van der Waals surface area contributed by atoms with Gasteiger partial charge in [-0.05, 0) is 56.4 Å². The molecule has 1 saturated heterocycles. The van der Waals surface area contributed by atoms with Gasteiger partial charge in [0.15, 0.2) is 0 Å². The summed E-state index contributed by atoms with van der Waals surface area (Å²) >= 11 is 2.13. The van der Waals surface area contributed by atoms with Crippen molar-refractivity contribution < 1.29 is 0 Å². The monoisotopic (exact) mass is 284 g/mol. The fourth-order valence-electron chi connectivity index (χ4n) is 3.85. The third kappa shape index (κ3) is 3.89. The van der Waals surface area contributed by atoms with Crippen molar-refractivity contribution in [1.29, 1.82) is 0 Å². The Labute approximate surface area is 124 Å². The van der Waals surface area contributed by atoms with Crippen LogP contribution in [0.15, 0.2) is 0 Å². The van der Waals surface area contributed by atoms with Crippen LogP contribution in [0.1, 0.15) is 46.5 Å². The lowest BCUT2D eigenvalue weighted by Gasteiger charge is -2.35. The van der Waals surface area contributed by atoms with Crippen molar-refractivity contribution in [1.82, 2.24) is 10.2 Å². The zero-order chi connectivity index (χ0) is 13.9. The number of hydrogen-bond donors (Lipinski definition) is 1. The first-order valence-corrected chi connectivity index (χ1v) is 9.21. The molecular formula is C16H32N2S. The van der Waals surface area contributed by atoms with E-state index in [2.05, 4.69) is 49.8 Å². The quantitative estimate of drug-likeness (QED) is 0.806. The molecule has 0 aromatic rings. The van der Waals surface area contributed by atoms with Gasteiger partial charge in [0.05, 0.1) is 0 Å². The molecule has 2 fully saturated rings. The summed E-state index contributed by atoms with van der Waals surface area (Å²) in [6, 6.07) is 1.55. The molecule has 0 aromatic carbocycles. The van der Waals surface area contributed by atoms with E-state index in [0.717, 1.165) is 12.0 Å². The van der Waals surface area contributed by atoms with Gasteiger partial charge in [-0.1, -0.05) is 20.8 Å². The van der Waals surface area contributed by atoms with E-state index >= 15 is 0 Å². The second-order valence-corrected chi connectivity index (χ2v) is 8.33. The van der Waals surface area contributed by atoms with Gasteiger partial charge in [0.2, 0.25) is 0 Å². The van der Waals surface area contributed by atoms with Crippen LogP contribution in [0.25, 0.3) is 0 Å². The summed E-state index contributed by atoms with van der Waals surface area (Å²) in [6.07, 6.45) is 5.42. The molecule has 2 aliphatic rings. The summed E-state index contributed by atoms with van der Waals surface area (Å²) < 4.78 is 0. The zero-order valence-corrected chi connectivity index (χ0v) is 14.1. The summed E-state index contributed by atoms with van der Waals surface area (Å²) in [6.45, 7) is 9.63. The standard InChI is InChI=1S/C16H32N2S/c1-5-9-17-15-13(6-8-16(15,2)3)11-18(4)14-7-10-19-12-14/h13-15,17H,5-12H2,1-4H3. The molecule has 1 saturated carbocycles.